The zero-order valence-corrected chi connectivity index (χ0v) is 14.5. The molecule has 0 amide bonds. The van der Waals surface area contributed by atoms with E-state index in [1.54, 1.807) is 6.07 Å². The summed E-state index contributed by atoms with van der Waals surface area (Å²) in [5.74, 6) is -0.781. The standard InChI is InChI=1S/C13H18BrFN2O.2ClH/c1-2-11(17-7-5-16-6-8-17)12-9(14)3-4-10(15)13(12)18;;/h3-4,11,16,18H,2,5-8H2,1H3;2*1H/t11-;;/m0../s1. The average molecular weight is 390 g/mol. The second kappa shape index (κ2) is 9.05. The number of nitrogens with one attached hydrogen (secondary N) is 1. The fourth-order valence-corrected chi connectivity index (χ4v) is 3.10. The number of hydrogen-bond acceptors (Lipinski definition) is 3. The Hall–Kier alpha value is -0.0700. The number of nitrogens with zero attached hydrogens (tertiary/aromatic N) is 1. The van der Waals surface area contributed by atoms with Crippen molar-refractivity contribution in [2.24, 2.45) is 0 Å². The Morgan fingerprint density at radius 1 is 1.35 bits per heavy atom. The number of rotatable bonds is 3. The molecular formula is C13H20BrCl2FN2O. The van der Waals surface area contributed by atoms with Crippen molar-refractivity contribution in [2.75, 3.05) is 26.2 Å². The first-order valence-corrected chi connectivity index (χ1v) is 7.06. The largest absolute Gasteiger partial charge is 0.505 e. The fraction of sp³-hybridized carbons (Fsp3) is 0.538. The Morgan fingerprint density at radius 3 is 2.50 bits per heavy atom. The number of halogens is 4. The minimum absolute atomic E-state index is 0. The van der Waals surface area contributed by atoms with Gasteiger partial charge in [-0.25, -0.2) is 4.39 Å². The van der Waals surface area contributed by atoms with Gasteiger partial charge in [0.1, 0.15) is 0 Å². The quantitative estimate of drug-likeness (QED) is 0.830. The van der Waals surface area contributed by atoms with E-state index in [4.69, 9.17) is 0 Å². The summed E-state index contributed by atoms with van der Waals surface area (Å²) in [6.07, 6.45) is 0.843. The van der Waals surface area contributed by atoms with Gasteiger partial charge in [0.25, 0.3) is 0 Å². The second-order valence-corrected chi connectivity index (χ2v) is 5.36. The number of hydrogen-bond donors (Lipinski definition) is 2. The molecule has 1 heterocycles. The minimum Gasteiger partial charge on any atom is -0.505 e. The highest BCUT2D eigenvalue weighted by Crippen LogP contribution is 2.38. The Labute approximate surface area is 139 Å². The van der Waals surface area contributed by atoms with Crippen molar-refractivity contribution >= 4 is 40.7 Å². The lowest BCUT2D eigenvalue weighted by Crippen LogP contribution is -2.45. The highest BCUT2D eigenvalue weighted by Gasteiger charge is 2.26. The summed E-state index contributed by atoms with van der Waals surface area (Å²) in [7, 11) is 0. The molecule has 0 aliphatic carbocycles. The monoisotopic (exact) mass is 388 g/mol. The van der Waals surface area contributed by atoms with Gasteiger partial charge in [-0.2, -0.15) is 0 Å². The molecule has 0 bridgehead atoms. The van der Waals surface area contributed by atoms with Crippen molar-refractivity contribution in [1.82, 2.24) is 10.2 Å². The molecule has 1 aromatic rings. The summed E-state index contributed by atoms with van der Waals surface area (Å²) in [6.45, 7) is 5.76. The lowest BCUT2D eigenvalue weighted by atomic mass is 10.0. The third kappa shape index (κ3) is 4.21. The maximum absolute atomic E-state index is 13.5. The molecule has 7 heteroatoms. The maximum Gasteiger partial charge on any atom is 0.165 e. The van der Waals surface area contributed by atoms with Gasteiger partial charge < -0.3 is 10.4 Å². The first kappa shape index (κ1) is 19.9. The summed E-state index contributed by atoms with van der Waals surface area (Å²) in [5.41, 5.74) is 0.666. The van der Waals surface area contributed by atoms with Crippen LogP contribution in [0.4, 0.5) is 4.39 Å². The number of phenols is 1. The van der Waals surface area contributed by atoms with Crippen LogP contribution >= 0.6 is 40.7 Å². The third-order valence-corrected chi connectivity index (χ3v) is 4.12. The number of phenolic OH excluding ortho intramolecular Hbond substituents is 1. The van der Waals surface area contributed by atoms with Crippen molar-refractivity contribution in [3.8, 4) is 5.75 Å². The van der Waals surface area contributed by atoms with Crippen LogP contribution in [0.5, 0.6) is 5.75 Å². The van der Waals surface area contributed by atoms with Gasteiger partial charge >= 0.3 is 0 Å². The summed E-state index contributed by atoms with van der Waals surface area (Å²) >= 11 is 3.42. The van der Waals surface area contributed by atoms with E-state index in [0.717, 1.165) is 37.1 Å². The zero-order valence-electron chi connectivity index (χ0n) is 11.2. The number of piperazine rings is 1. The van der Waals surface area contributed by atoms with E-state index in [-0.39, 0.29) is 36.6 Å². The number of aromatic hydroxyl groups is 1. The molecule has 0 radical (unpaired) electrons. The van der Waals surface area contributed by atoms with Crippen molar-refractivity contribution in [3.63, 3.8) is 0 Å². The second-order valence-electron chi connectivity index (χ2n) is 4.50. The predicted molar refractivity (Wildman–Crippen MR) is 87.7 cm³/mol. The summed E-state index contributed by atoms with van der Waals surface area (Å²) in [4.78, 5) is 2.29. The molecular weight excluding hydrogens is 370 g/mol. The Bertz CT molecular complexity index is 431. The van der Waals surface area contributed by atoms with Crippen LogP contribution in [0.15, 0.2) is 16.6 Å². The van der Waals surface area contributed by atoms with Crippen LogP contribution in [0.1, 0.15) is 24.9 Å². The highest BCUT2D eigenvalue weighted by atomic mass is 79.9. The number of benzene rings is 1. The Balaban J connectivity index is 0.00000180. The first-order valence-electron chi connectivity index (χ1n) is 6.26. The van der Waals surface area contributed by atoms with Crippen molar-refractivity contribution in [3.05, 3.63) is 28.0 Å². The van der Waals surface area contributed by atoms with E-state index in [2.05, 4.69) is 33.1 Å². The Morgan fingerprint density at radius 2 is 1.95 bits per heavy atom. The molecule has 2 rings (SSSR count). The summed E-state index contributed by atoms with van der Waals surface area (Å²) < 4.78 is 14.3. The van der Waals surface area contributed by atoms with Gasteiger partial charge in [-0.05, 0) is 18.6 Å². The molecule has 0 spiro atoms. The predicted octanol–water partition coefficient (Wildman–Crippen LogP) is 3.49. The van der Waals surface area contributed by atoms with Crippen molar-refractivity contribution in [1.29, 1.82) is 0 Å². The molecule has 3 nitrogen and oxygen atoms in total. The van der Waals surface area contributed by atoms with Crippen LogP contribution < -0.4 is 5.32 Å². The molecule has 1 aliphatic heterocycles. The molecule has 0 aromatic heterocycles. The molecule has 1 saturated heterocycles. The van der Waals surface area contributed by atoms with Crippen LogP contribution in [0.3, 0.4) is 0 Å². The van der Waals surface area contributed by atoms with E-state index >= 15 is 0 Å². The highest BCUT2D eigenvalue weighted by molar-refractivity contribution is 9.10. The average Bonchev–Trinajstić information content (AvgIpc) is 2.40. The molecule has 1 fully saturated rings. The molecule has 1 atom stereocenters. The maximum atomic E-state index is 13.5. The molecule has 1 aromatic carbocycles. The molecule has 1 aliphatic rings. The van der Waals surface area contributed by atoms with Gasteiger partial charge in [0, 0.05) is 42.3 Å². The van der Waals surface area contributed by atoms with Gasteiger partial charge in [0.05, 0.1) is 0 Å². The van der Waals surface area contributed by atoms with Gasteiger partial charge in [-0.1, -0.05) is 22.9 Å². The third-order valence-electron chi connectivity index (χ3n) is 3.43. The zero-order chi connectivity index (χ0) is 13.1. The molecule has 116 valence electrons. The smallest absolute Gasteiger partial charge is 0.165 e. The van der Waals surface area contributed by atoms with E-state index < -0.39 is 5.82 Å². The summed E-state index contributed by atoms with van der Waals surface area (Å²) in [5, 5.41) is 13.3. The van der Waals surface area contributed by atoms with Crippen LogP contribution in [-0.2, 0) is 0 Å². The molecule has 0 saturated carbocycles. The van der Waals surface area contributed by atoms with Gasteiger partial charge in [-0.3, -0.25) is 4.90 Å². The van der Waals surface area contributed by atoms with Crippen LogP contribution in [0, 0.1) is 5.82 Å². The van der Waals surface area contributed by atoms with Crippen molar-refractivity contribution < 1.29 is 9.50 Å². The van der Waals surface area contributed by atoms with E-state index in [9.17, 15) is 9.50 Å². The van der Waals surface area contributed by atoms with Crippen LogP contribution in [0.2, 0.25) is 0 Å². The van der Waals surface area contributed by atoms with E-state index in [0.29, 0.717) is 5.56 Å². The fourth-order valence-electron chi connectivity index (χ4n) is 2.51. The molecule has 0 unspecified atom stereocenters. The lowest BCUT2D eigenvalue weighted by Gasteiger charge is -2.35. The van der Waals surface area contributed by atoms with Gasteiger partial charge in [-0.15, -0.1) is 24.8 Å². The van der Waals surface area contributed by atoms with Crippen LogP contribution in [-0.4, -0.2) is 36.2 Å². The summed E-state index contributed by atoms with van der Waals surface area (Å²) in [6, 6.07) is 3.00. The van der Waals surface area contributed by atoms with Crippen molar-refractivity contribution in [2.45, 2.75) is 19.4 Å². The lowest BCUT2D eigenvalue weighted by molar-refractivity contribution is 0.165. The van der Waals surface area contributed by atoms with E-state index in [1.807, 2.05) is 0 Å². The van der Waals surface area contributed by atoms with Gasteiger partial charge in [0.15, 0.2) is 11.6 Å². The first-order chi connectivity index (χ1) is 8.65. The normalized spacial score (nSPS) is 16.9. The topological polar surface area (TPSA) is 35.5 Å². The minimum atomic E-state index is -0.554. The van der Waals surface area contributed by atoms with Crippen LogP contribution in [0.25, 0.3) is 0 Å². The molecule has 20 heavy (non-hydrogen) atoms. The van der Waals surface area contributed by atoms with E-state index in [1.165, 1.54) is 6.07 Å². The Kier molecular flexibility index (Phi) is 9.02. The van der Waals surface area contributed by atoms with Gasteiger partial charge in [0.2, 0.25) is 0 Å². The molecule has 2 N–H and O–H groups in total. The SMILES string of the molecule is CC[C@@H](c1c(Br)ccc(F)c1O)N1CCNCC1.Cl.Cl.